The van der Waals surface area contributed by atoms with Gasteiger partial charge in [-0.05, 0) is 42.8 Å². The van der Waals surface area contributed by atoms with Gasteiger partial charge in [-0.1, -0.05) is 30.0 Å². The topological polar surface area (TPSA) is 74.4 Å². The van der Waals surface area contributed by atoms with Crippen molar-refractivity contribution in [1.29, 1.82) is 0 Å². The summed E-state index contributed by atoms with van der Waals surface area (Å²) in [6, 6.07) is 13.6. The number of carbonyl (C=O) groups excluding carboxylic acids is 1. The number of methoxy groups -OCH3 is 1. The zero-order chi connectivity index (χ0) is 21.5. The molecule has 0 radical (unpaired) electrons. The highest BCUT2D eigenvalue weighted by Gasteiger charge is 2.07. The second-order valence-electron chi connectivity index (χ2n) is 6.43. The smallest absolute Gasteiger partial charge is 0.333 e. The van der Waals surface area contributed by atoms with Gasteiger partial charge in [-0.2, -0.15) is 5.10 Å². The molecular weight excluding hydrogens is 402 g/mol. The van der Waals surface area contributed by atoms with Crippen molar-refractivity contribution in [2.75, 3.05) is 20.3 Å². The van der Waals surface area contributed by atoms with E-state index in [-0.39, 0.29) is 13.2 Å². The predicted octanol–water partition coefficient (Wildman–Crippen LogP) is 3.68. The van der Waals surface area contributed by atoms with Gasteiger partial charge in [0.1, 0.15) is 13.2 Å². The molecule has 1 aromatic heterocycles. The molecule has 0 bridgehead atoms. The van der Waals surface area contributed by atoms with E-state index in [1.54, 1.807) is 43.7 Å². The number of benzene rings is 2. The number of aromatic nitrogens is 1. The standard InChI is InChI=1S/C22H23N3O4S/c1-15(2)21(26)29-12-11-28-18-10-9-16(13-19(18)27-4)14-23-24-22-25(3)17-7-5-6-8-20(17)30-22/h5-10,13-14H,1,11-12H2,2-4H3/b23-14+,24-22+. The molecule has 30 heavy (non-hydrogen) atoms. The molecule has 0 saturated carbocycles. The van der Waals surface area contributed by atoms with Crippen molar-refractivity contribution in [3.05, 3.63) is 65.0 Å². The Bertz CT molecular complexity index is 1160. The Kier molecular flexibility index (Phi) is 7.03. The maximum Gasteiger partial charge on any atom is 0.333 e. The Morgan fingerprint density at radius 1 is 1.20 bits per heavy atom. The summed E-state index contributed by atoms with van der Waals surface area (Å²) >= 11 is 1.58. The summed E-state index contributed by atoms with van der Waals surface area (Å²) < 4.78 is 19.2. The fourth-order valence-corrected chi connectivity index (χ4v) is 3.59. The van der Waals surface area contributed by atoms with Crippen LogP contribution in [0.2, 0.25) is 0 Å². The van der Waals surface area contributed by atoms with E-state index in [4.69, 9.17) is 14.2 Å². The van der Waals surface area contributed by atoms with E-state index in [9.17, 15) is 4.79 Å². The van der Waals surface area contributed by atoms with E-state index in [1.165, 1.54) is 0 Å². The van der Waals surface area contributed by atoms with E-state index in [0.29, 0.717) is 17.1 Å². The van der Waals surface area contributed by atoms with Crippen molar-refractivity contribution in [3.8, 4) is 11.5 Å². The van der Waals surface area contributed by atoms with Gasteiger partial charge in [0.25, 0.3) is 0 Å². The summed E-state index contributed by atoms with van der Waals surface area (Å²) in [4.78, 5) is 12.2. The van der Waals surface area contributed by atoms with E-state index in [0.717, 1.165) is 20.6 Å². The van der Waals surface area contributed by atoms with Crippen molar-refractivity contribution >= 4 is 33.7 Å². The molecule has 0 N–H and O–H groups in total. The van der Waals surface area contributed by atoms with Gasteiger partial charge in [0.15, 0.2) is 11.5 Å². The molecule has 1 heterocycles. The lowest BCUT2D eigenvalue weighted by Crippen LogP contribution is -2.12. The van der Waals surface area contributed by atoms with Crippen LogP contribution in [-0.4, -0.2) is 37.1 Å². The number of para-hydroxylation sites is 1. The van der Waals surface area contributed by atoms with Crippen LogP contribution in [0.5, 0.6) is 11.5 Å². The molecule has 0 amide bonds. The van der Waals surface area contributed by atoms with Crippen LogP contribution in [0.4, 0.5) is 0 Å². The number of hydrogen-bond donors (Lipinski definition) is 0. The van der Waals surface area contributed by atoms with Gasteiger partial charge in [-0.3, -0.25) is 0 Å². The minimum absolute atomic E-state index is 0.128. The van der Waals surface area contributed by atoms with Crippen LogP contribution in [0.25, 0.3) is 10.2 Å². The monoisotopic (exact) mass is 425 g/mol. The largest absolute Gasteiger partial charge is 0.493 e. The van der Waals surface area contributed by atoms with Crippen molar-refractivity contribution < 1.29 is 19.0 Å². The first-order valence-corrected chi connectivity index (χ1v) is 10.1. The third-order valence-corrected chi connectivity index (χ3v) is 5.28. The van der Waals surface area contributed by atoms with Crippen LogP contribution < -0.4 is 14.3 Å². The number of aryl methyl sites for hydroxylation is 1. The molecule has 0 saturated heterocycles. The number of hydrogen-bond acceptors (Lipinski definition) is 7. The van der Waals surface area contributed by atoms with Gasteiger partial charge in [0, 0.05) is 12.6 Å². The third kappa shape index (κ3) is 5.15. The number of esters is 1. The molecule has 0 fully saturated rings. The van der Waals surface area contributed by atoms with Crippen molar-refractivity contribution in [1.82, 2.24) is 4.57 Å². The number of thiazole rings is 1. The Hall–Kier alpha value is -3.39. The number of nitrogens with zero attached hydrogens (tertiary/aromatic N) is 3. The van der Waals surface area contributed by atoms with Crippen LogP contribution in [0.1, 0.15) is 12.5 Å². The van der Waals surface area contributed by atoms with Gasteiger partial charge >= 0.3 is 5.97 Å². The van der Waals surface area contributed by atoms with Crippen LogP contribution in [0, 0.1) is 0 Å². The minimum atomic E-state index is -0.437. The van der Waals surface area contributed by atoms with Crippen molar-refractivity contribution in [2.24, 2.45) is 17.3 Å². The third-order valence-electron chi connectivity index (χ3n) is 4.18. The summed E-state index contributed by atoms with van der Waals surface area (Å²) in [5.41, 5.74) is 2.29. The van der Waals surface area contributed by atoms with Gasteiger partial charge in [-0.25, -0.2) is 4.79 Å². The summed E-state index contributed by atoms with van der Waals surface area (Å²) in [5, 5.41) is 8.54. The SMILES string of the molecule is C=C(C)C(=O)OCCOc1ccc(/C=N/N=c2/sc3ccccc3n2C)cc1OC. The molecule has 3 aromatic rings. The average molecular weight is 426 g/mol. The summed E-state index contributed by atoms with van der Waals surface area (Å²) in [6.07, 6.45) is 1.66. The average Bonchev–Trinajstić information content (AvgIpc) is 3.07. The van der Waals surface area contributed by atoms with Crippen LogP contribution >= 0.6 is 11.3 Å². The molecule has 0 aliphatic rings. The Morgan fingerprint density at radius 2 is 2.00 bits per heavy atom. The lowest BCUT2D eigenvalue weighted by Gasteiger charge is -2.11. The molecule has 0 atom stereocenters. The fourth-order valence-electron chi connectivity index (χ4n) is 2.62. The summed E-state index contributed by atoms with van der Waals surface area (Å²) in [7, 11) is 3.53. The highest BCUT2D eigenvalue weighted by atomic mass is 32.1. The second-order valence-corrected chi connectivity index (χ2v) is 7.44. The number of fused-ring (bicyclic) bond motifs is 1. The molecule has 0 unspecified atom stereocenters. The number of carbonyl (C=O) groups is 1. The molecule has 7 nitrogen and oxygen atoms in total. The Labute approximate surface area is 178 Å². The first kappa shape index (κ1) is 21.3. The van der Waals surface area contributed by atoms with E-state index in [2.05, 4.69) is 28.9 Å². The lowest BCUT2D eigenvalue weighted by molar-refractivity contribution is -0.139. The number of rotatable bonds is 8. The zero-order valence-electron chi connectivity index (χ0n) is 17.1. The Morgan fingerprint density at radius 3 is 2.73 bits per heavy atom. The zero-order valence-corrected chi connectivity index (χ0v) is 17.9. The molecular formula is C22H23N3O4S. The maximum absolute atomic E-state index is 11.4. The van der Waals surface area contributed by atoms with E-state index in [1.807, 2.05) is 29.8 Å². The second kappa shape index (κ2) is 9.89. The van der Waals surface area contributed by atoms with Crippen LogP contribution in [-0.2, 0) is 16.6 Å². The highest BCUT2D eigenvalue weighted by Crippen LogP contribution is 2.27. The molecule has 0 aliphatic carbocycles. The van der Waals surface area contributed by atoms with Crippen molar-refractivity contribution in [3.63, 3.8) is 0 Å². The Balaban J connectivity index is 1.67. The lowest BCUT2D eigenvalue weighted by atomic mass is 10.2. The molecule has 156 valence electrons. The van der Waals surface area contributed by atoms with Crippen molar-refractivity contribution in [2.45, 2.75) is 6.92 Å². The first-order valence-electron chi connectivity index (χ1n) is 9.24. The summed E-state index contributed by atoms with van der Waals surface area (Å²) in [5.74, 6) is 0.666. The molecule has 0 aliphatic heterocycles. The quantitative estimate of drug-likeness (QED) is 0.181. The number of ether oxygens (including phenoxy) is 3. The van der Waals surface area contributed by atoms with E-state index >= 15 is 0 Å². The van der Waals surface area contributed by atoms with Gasteiger partial charge in [0.05, 0.1) is 23.5 Å². The first-order chi connectivity index (χ1) is 14.5. The molecule has 2 aromatic carbocycles. The van der Waals surface area contributed by atoms with Crippen LogP contribution in [0.15, 0.2) is 64.8 Å². The normalized spacial score (nSPS) is 11.8. The van der Waals surface area contributed by atoms with Gasteiger partial charge in [0.2, 0.25) is 4.80 Å². The maximum atomic E-state index is 11.4. The van der Waals surface area contributed by atoms with Gasteiger partial charge in [-0.15, -0.1) is 5.10 Å². The fraction of sp³-hybridized carbons (Fsp3) is 0.227. The summed E-state index contributed by atoms with van der Waals surface area (Å²) in [6.45, 7) is 5.47. The minimum Gasteiger partial charge on any atom is -0.493 e. The molecule has 3 rings (SSSR count). The van der Waals surface area contributed by atoms with Crippen LogP contribution in [0.3, 0.4) is 0 Å². The highest BCUT2D eigenvalue weighted by molar-refractivity contribution is 7.16. The van der Waals surface area contributed by atoms with E-state index < -0.39 is 5.97 Å². The predicted molar refractivity (Wildman–Crippen MR) is 118 cm³/mol. The molecule has 0 spiro atoms. The van der Waals surface area contributed by atoms with Gasteiger partial charge < -0.3 is 18.8 Å². The molecule has 8 heteroatoms.